The largest absolute Gasteiger partial charge is 0.504 e. The molecule has 0 aromatic heterocycles. The van der Waals surface area contributed by atoms with E-state index in [1.54, 1.807) is 0 Å². The predicted molar refractivity (Wildman–Crippen MR) is 96.4 cm³/mol. The Bertz CT molecular complexity index is 773. The van der Waals surface area contributed by atoms with Crippen molar-refractivity contribution in [2.45, 2.75) is 32.9 Å². The van der Waals surface area contributed by atoms with Gasteiger partial charge in [0.1, 0.15) is 5.56 Å². The van der Waals surface area contributed by atoms with E-state index in [0.29, 0.717) is 17.8 Å². The number of alkyl halides is 3. The van der Waals surface area contributed by atoms with E-state index >= 15 is 0 Å². The van der Waals surface area contributed by atoms with Crippen LogP contribution < -0.4 is 4.74 Å². The molecule has 1 aliphatic heterocycles. The molecule has 27 heavy (non-hydrogen) atoms. The van der Waals surface area contributed by atoms with Crippen LogP contribution >= 0.6 is 11.8 Å². The number of carbonyl (C=O) groups is 2. The lowest BCUT2D eigenvalue weighted by atomic mass is 10.0. The lowest BCUT2D eigenvalue weighted by Crippen LogP contribution is -2.33. The van der Waals surface area contributed by atoms with E-state index < -0.39 is 28.6 Å². The number of imide groups is 1. The molecule has 5 nitrogen and oxygen atoms in total. The number of nitrogens with zero attached hydrogens (tertiary/aromatic N) is 1. The molecule has 0 radical (unpaired) electrons. The highest BCUT2D eigenvalue weighted by atomic mass is 32.2. The number of amides is 2. The number of phenols is 1. The van der Waals surface area contributed by atoms with Gasteiger partial charge >= 0.3 is 6.18 Å². The molecule has 0 saturated carbocycles. The minimum atomic E-state index is -4.80. The number of phenolic OH excluding ortho intramolecular Hbond substituents is 1. The predicted octanol–water partition coefficient (Wildman–Crippen LogP) is 4.89. The second kappa shape index (κ2) is 8.24. The van der Waals surface area contributed by atoms with Gasteiger partial charge in [0, 0.05) is 6.54 Å². The van der Waals surface area contributed by atoms with Gasteiger partial charge in [-0.1, -0.05) is 26.7 Å². The fraction of sp³-hybridized carbons (Fsp3) is 0.444. The highest BCUT2D eigenvalue weighted by Gasteiger charge is 2.38. The van der Waals surface area contributed by atoms with Crippen LogP contribution in [0, 0.1) is 5.92 Å². The smallest absolute Gasteiger partial charge is 0.420 e. The SMILES string of the molecule is CCC(CC)CN1C(=O)S/C(=C\c2cc(OC)c(O)c(C(F)(F)F)c2)C1=O. The minimum absolute atomic E-state index is 0.00464. The van der Waals surface area contributed by atoms with Crippen molar-refractivity contribution in [3.63, 3.8) is 0 Å². The van der Waals surface area contributed by atoms with Gasteiger partial charge in [0.15, 0.2) is 11.5 Å². The van der Waals surface area contributed by atoms with E-state index in [0.717, 1.165) is 24.9 Å². The second-order valence-corrected chi connectivity index (χ2v) is 7.09. The van der Waals surface area contributed by atoms with Gasteiger partial charge in [-0.3, -0.25) is 14.5 Å². The molecule has 0 spiro atoms. The van der Waals surface area contributed by atoms with Gasteiger partial charge in [0.2, 0.25) is 0 Å². The molecular weight excluding hydrogens is 383 g/mol. The summed E-state index contributed by atoms with van der Waals surface area (Å²) in [6.07, 6.45) is -1.98. The summed E-state index contributed by atoms with van der Waals surface area (Å²) >= 11 is 0.685. The Hall–Kier alpha value is -2.16. The zero-order valence-electron chi connectivity index (χ0n) is 15.1. The summed E-state index contributed by atoms with van der Waals surface area (Å²) in [7, 11) is 1.13. The van der Waals surface area contributed by atoms with Crippen LogP contribution in [0.2, 0.25) is 0 Å². The summed E-state index contributed by atoms with van der Waals surface area (Å²) in [5, 5.41) is 9.25. The van der Waals surface area contributed by atoms with Crippen molar-refractivity contribution >= 4 is 29.0 Å². The maximum absolute atomic E-state index is 13.1. The van der Waals surface area contributed by atoms with Crippen molar-refractivity contribution in [2.75, 3.05) is 13.7 Å². The summed E-state index contributed by atoms with van der Waals surface area (Å²) < 4.78 is 44.1. The Balaban J connectivity index is 2.39. The number of ether oxygens (including phenoxy) is 1. The highest BCUT2D eigenvalue weighted by Crippen LogP contribution is 2.43. The molecule has 0 atom stereocenters. The van der Waals surface area contributed by atoms with Gasteiger partial charge in [0.25, 0.3) is 11.1 Å². The Morgan fingerprint density at radius 2 is 1.89 bits per heavy atom. The van der Waals surface area contributed by atoms with Crippen LogP contribution in [0.1, 0.15) is 37.8 Å². The molecule has 1 saturated heterocycles. The van der Waals surface area contributed by atoms with Crippen LogP contribution in [-0.4, -0.2) is 34.8 Å². The minimum Gasteiger partial charge on any atom is -0.504 e. The van der Waals surface area contributed by atoms with Crippen molar-refractivity contribution in [3.8, 4) is 11.5 Å². The van der Waals surface area contributed by atoms with Crippen molar-refractivity contribution in [1.29, 1.82) is 0 Å². The molecule has 2 rings (SSSR count). The Morgan fingerprint density at radius 1 is 1.26 bits per heavy atom. The zero-order chi connectivity index (χ0) is 20.4. The summed E-state index contributed by atoms with van der Waals surface area (Å²) in [6.45, 7) is 4.21. The van der Waals surface area contributed by atoms with Crippen LogP contribution in [-0.2, 0) is 11.0 Å². The molecule has 1 N–H and O–H groups in total. The first kappa shape index (κ1) is 21.1. The maximum atomic E-state index is 13.1. The van der Waals surface area contributed by atoms with E-state index in [-0.39, 0.29) is 28.7 Å². The molecule has 1 aromatic carbocycles. The molecular formula is C18H20F3NO4S. The average Bonchev–Trinajstić information content (AvgIpc) is 2.86. The number of methoxy groups -OCH3 is 1. The molecule has 0 bridgehead atoms. The van der Waals surface area contributed by atoms with E-state index in [9.17, 15) is 27.9 Å². The van der Waals surface area contributed by atoms with Crippen LogP contribution in [0.3, 0.4) is 0 Å². The highest BCUT2D eigenvalue weighted by molar-refractivity contribution is 8.18. The van der Waals surface area contributed by atoms with Crippen LogP contribution in [0.25, 0.3) is 6.08 Å². The number of benzene rings is 1. The van der Waals surface area contributed by atoms with Crippen molar-refractivity contribution in [2.24, 2.45) is 5.92 Å². The molecule has 1 aromatic rings. The number of hydrogen-bond donors (Lipinski definition) is 1. The molecule has 148 valence electrons. The molecule has 0 aliphatic carbocycles. The maximum Gasteiger partial charge on any atom is 0.420 e. The lowest BCUT2D eigenvalue weighted by molar-refractivity contribution is -0.138. The zero-order valence-corrected chi connectivity index (χ0v) is 15.9. The fourth-order valence-electron chi connectivity index (χ4n) is 2.70. The van der Waals surface area contributed by atoms with E-state index in [1.807, 2.05) is 13.8 Å². The van der Waals surface area contributed by atoms with Gasteiger partial charge < -0.3 is 9.84 Å². The van der Waals surface area contributed by atoms with Gasteiger partial charge in [-0.25, -0.2) is 0 Å². The summed E-state index contributed by atoms with van der Waals surface area (Å²) in [5.74, 6) is -1.75. The van der Waals surface area contributed by atoms with E-state index in [4.69, 9.17) is 4.74 Å². The first-order chi connectivity index (χ1) is 12.6. The molecule has 2 amide bonds. The molecule has 9 heteroatoms. The van der Waals surface area contributed by atoms with Crippen LogP contribution in [0.4, 0.5) is 18.0 Å². The molecule has 1 aliphatic rings. The van der Waals surface area contributed by atoms with Crippen molar-refractivity contribution < 1.29 is 32.6 Å². The van der Waals surface area contributed by atoms with Crippen molar-refractivity contribution in [1.82, 2.24) is 4.90 Å². The van der Waals surface area contributed by atoms with E-state index in [1.165, 1.54) is 12.1 Å². The monoisotopic (exact) mass is 403 g/mol. The number of rotatable bonds is 6. The first-order valence-electron chi connectivity index (χ1n) is 8.35. The Morgan fingerprint density at radius 3 is 2.41 bits per heavy atom. The third kappa shape index (κ3) is 4.58. The average molecular weight is 403 g/mol. The molecule has 1 fully saturated rings. The second-order valence-electron chi connectivity index (χ2n) is 6.09. The number of aromatic hydroxyl groups is 1. The third-order valence-corrected chi connectivity index (χ3v) is 5.30. The van der Waals surface area contributed by atoms with Gasteiger partial charge in [-0.05, 0) is 41.5 Å². The number of hydrogen-bond acceptors (Lipinski definition) is 5. The number of thioether (sulfide) groups is 1. The van der Waals surface area contributed by atoms with E-state index in [2.05, 4.69) is 0 Å². The fourth-order valence-corrected chi connectivity index (χ4v) is 3.55. The van der Waals surface area contributed by atoms with Crippen LogP contribution in [0.15, 0.2) is 17.0 Å². The quantitative estimate of drug-likeness (QED) is 0.685. The third-order valence-electron chi connectivity index (χ3n) is 4.39. The summed E-state index contributed by atoms with van der Waals surface area (Å²) in [5.41, 5.74) is -1.27. The lowest BCUT2D eigenvalue weighted by Gasteiger charge is -2.19. The van der Waals surface area contributed by atoms with Gasteiger partial charge in [-0.15, -0.1) is 0 Å². The standard InChI is InChI=1S/C18H20F3NO4S/c1-4-10(5-2)9-22-16(24)14(27-17(22)25)8-11-6-12(18(19,20)21)15(23)13(7-11)26-3/h6-8,10,23H,4-5,9H2,1-3H3/b14-8-. The number of carbonyl (C=O) groups excluding carboxylic acids is 2. The normalized spacial score (nSPS) is 16.7. The topological polar surface area (TPSA) is 66.8 Å². The first-order valence-corrected chi connectivity index (χ1v) is 9.17. The van der Waals surface area contributed by atoms with Crippen LogP contribution in [0.5, 0.6) is 11.5 Å². The van der Waals surface area contributed by atoms with Gasteiger partial charge in [0.05, 0.1) is 12.0 Å². The van der Waals surface area contributed by atoms with Gasteiger partial charge in [-0.2, -0.15) is 13.2 Å². The number of halogens is 3. The molecule has 1 heterocycles. The summed E-state index contributed by atoms with van der Waals surface area (Å²) in [4.78, 5) is 25.8. The molecule has 0 unspecified atom stereocenters. The Kier molecular flexibility index (Phi) is 6.46. The summed E-state index contributed by atoms with van der Waals surface area (Å²) in [6, 6.07) is 1.89. The van der Waals surface area contributed by atoms with Crippen molar-refractivity contribution in [3.05, 3.63) is 28.2 Å². The Labute approximate surface area is 159 Å².